The van der Waals surface area contributed by atoms with E-state index in [0.717, 1.165) is 6.07 Å². The molecule has 0 N–H and O–H groups in total. The molecule has 0 spiro atoms. The van der Waals surface area contributed by atoms with Crippen LogP contribution in [0.5, 0.6) is 5.75 Å². The van der Waals surface area contributed by atoms with E-state index >= 15 is 0 Å². The number of para-hydroxylation sites is 1. The molecular weight excluding hydrogens is 273 g/mol. The highest BCUT2D eigenvalue weighted by Gasteiger charge is 2.35. The van der Waals surface area contributed by atoms with Gasteiger partial charge in [-0.05, 0) is 41.9 Å². The molecule has 84 valence electrons. The second-order valence-electron chi connectivity index (χ2n) is 3.28. The lowest BCUT2D eigenvalue weighted by atomic mass is 10.2. The molecule has 0 heterocycles. The molecule has 0 aromatic heterocycles. The van der Waals surface area contributed by atoms with Crippen LogP contribution in [0.3, 0.4) is 0 Å². The van der Waals surface area contributed by atoms with Crippen LogP contribution in [0.2, 0.25) is 0 Å². The number of benzene rings is 1. The van der Waals surface area contributed by atoms with Gasteiger partial charge in [-0.1, -0.05) is 6.07 Å². The lowest BCUT2D eigenvalue weighted by molar-refractivity contribution is -0.139. The predicted molar refractivity (Wildman–Crippen MR) is 54.9 cm³/mol. The Balaban J connectivity index is 3.21. The summed E-state index contributed by atoms with van der Waals surface area (Å²) in [6.45, 7) is 3.36. The lowest BCUT2D eigenvalue weighted by Crippen LogP contribution is -2.13. The van der Waals surface area contributed by atoms with Gasteiger partial charge in [0.15, 0.2) is 0 Å². The van der Waals surface area contributed by atoms with Gasteiger partial charge in [0.05, 0.1) is 16.1 Å². The van der Waals surface area contributed by atoms with E-state index in [2.05, 4.69) is 15.9 Å². The van der Waals surface area contributed by atoms with Crippen LogP contribution in [0, 0.1) is 0 Å². The van der Waals surface area contributed by atoms with Crippen LogP contribution in [-0.4, -0.2) is 6.10 Å². The molecule has 0 unspecified atom stereocenters. The number of ether oxygens (including phenoxy) is 1. The minimum atomic E-state index is -4.39. The summed E-state index contributed by atoms with van der Waals surface area (Å²) in [5.41, 5.74) is -0.759. The van der Waals surface area contributed by atoms with Gasteiger partial charge < -0.3 is 4.74 Å². The molecule has 0 fully saturated rings. The molecule has 15 heavy (non-hydrogen) atoms. The van der Waals surface area contributed by atoms with Gasteiger partial charge in [-0.25, -0.2) is 0 Å². The average molecular weight is 283 g/mol. The molecule has 0 aliphatic heterocycles. The van der Waals surface area contributed by atoms with Gasteiger partial charge in [0.1, 0.15) is 5.75 Å². The molecule has 0 atom stereocenters. The summed E-state index contributed by atoms with van der Waals surface area (Å²) in [5, 5.41) is 0. The molecule has 0 amide bonds. The number of alkyl halides is 3. The van der Waals surface area contributed by atoms with E-state index < -0.39 is 11.7 Å². The van der Waals surface area contributed by atoms with E-state index in [0.29, 0.717) is 4.47 Å². The molecule has 1 nitrogen and oxygen atoms in total. The molecule has 1 rings (SSSR count). The summed E-state index contributed by atoms with van der Waals surface area (Å²) >= 11 is 3.04. The van der Waals surface area contributed by atoms with Crippen molar-refractivity contribution < 1.29 is 17.9 Å². The average Bonchev–Trinajstić information content (AvgIpc) is 2.05. The highest BCUT2D eigenvalue weighted by molar-refractivity contribution is 9.10. The van der Waals surface area contributed by atoms with Gasteiger partial charge in [0, 0.05) is 0 Å². The van der Waals surface area contributed by atoms with Crippen LogP contribution >= 0.6 is 15.9 Å². The fourth-order valence-electron chi connectivity index (χ4n) is 1.09. The third-order valence-electron chi connectivity index (χ3n) is 1.63. The maximum absolute atomic E-state index is 12.6. The molecule has 0 radical (unpaired) electrons. The van der Waals surface area contributed by atoms with Crippen LogP contribution in [-0.2, 0) is 6.18 Å². The molecule has 0 saturated carbocycles. The van der Waals surface area contributed by atoms with Crippen molar-refractivity contribution in [2.45, 2.75) is 26.1 Å². The minimum absolute atomic E-state index is 0.153. The first-order valence-electron chi connectivity index (χ1n) is 4.34. The minimum Gasteiger partial charge on any atom is -0.489 e. The Hall–Kier alpha value is -0.710. The molecular formula is C10H10BrF3O. The summed E-state index contributed by atoms with van der Waals surface area (Å²) in [5.74, 6) is -0.153. The first-order valence-corrected chi connectivity index (χ1v) is 5.14. The summed E-state index contributed by atoms with van der Waals surface area (Å²) in [4.78, 5) is 0. The highest BCUT2D eigenvalue weighted by Crippen LogP contribution is 2.40. The smallest absolute Gasteiger partial charge is 0.420 e. The Kier molecular flexibility index (Phi) is 3.65. The van der Waals surface area contributed by atoms with E-state index in [1.807, 2.05) is 0 Å². The van der Waals surface area contributed by atoms with E-state index in [1.165, 1.54) is 12.1 Å². The third-order valence-corrected chi connectivity index (χ3v) is 2.25. The summed E-state index contributed by atoms with van der Waals surface area (Å²) in [6.07, 6.45) is -4.70. The largest absolute Gasteiger partial charge is 0.489 e. The maximum Gasteiger partial charge on any atom is 0.420 e. The highest BCUT2D eigenvalue weighted by atomic mass is 79.9. The van der Waals surface area contributed by atoms with Crippen molar-refractivity contribution >= 4 is 15.9 Å². The molecule has 0 bridgehead atoms. The number of rotatable bonds is 2. The quantitative estimate of drug-likeness (QED) is 0.788. The molecule has 0 aliphatic carbocycles. The normalized spacial score (nSPS) is 11.9. The van der Waals surface area contributed by atoms with Crippen molar-refractivity contribution in [3.05, 3.63) is 28.2 Å². The molecule has 1 aromatic rings. The number of hydrogen-bond donors (Lipinski definition) is 0. The summed E-state index contributed by atoms with van der Waals surface area (Å²) in [7, 11) is 0. The van der Waals surface area contributed by atoms with Gasteiger partial charge in [-0.15, -0.1) is 0 Å². The van der Waals surface area contributed by atoms with E-state index in [1.54, 1.807) is 13.8 Å². The SMILES string of the molecule is CC(C)Oc1c(Br)cccc1C(F)(F)F. The van der Waals surface area contributed by atoms with Crippen molar-refractivity contribution in [3.63, 3.8) is 0 Å². The zero-order valence-electron chi connectivity index (χ0n) is 8.23. The van der Waals surface area contributed by atoms with Crippen LogP contribution < -0.4 is 4.74 Å². The molecule has 1 aromatic carbocycles. The lowest BCUT2D eigenvalue weighted by Gasteiger charge is -2.17. The fraction of sp³-hybridized carbons (Fsp3) is 0.400. The summed E-state index contributed by atoms with van der Waals surface area (Å²) < 4.78 is 43.2. The van der Waals surface area contributed by atoms with Crippen molar-refractivity contribution in [2.75, 3.05) is 0 Å². The Morgan fingerprint density at radius 1 is 1.27 bits per heavy atom. The number of halogens is 4. The van der Waals surface area contributed by atoms with Crippen LogP contribution in [0.25, 0.3) is 0 Å². The van der Waals surface area contributed by atoms with Crippen molar-refractivity contribution in [2.24, 2.45) is 0 Å². The monoisotopic (exact) mass is 282 g/mol. The van der Waals surface area contributed by atoms with E-state index in [4.69, 9.17) is 4.74 Å². The Morgan fingerprint density at radius 3 is 2.33 bits per heavy atom. The van der Waals surface area contributed by atoms with Crippen molar-refractivity contribution in [1.82, 2.24) is 0 Å². The Labute approximate surface area is 94.4 Å². The van der Waals surface area contributed by atoms with Crippen molar-refractivity contribution in [1.29, 1.82) is 0 Å². The molecule has 0 saturated heterocycles. The maximum atomic E-state index is 12.6. The van der Waals surface area contributed by atoms with E-state index in [-0.39, 0.29) is 11.9 Å². The molecule has 0 aliphatic rings. The van der Waals surface area contributed by atoms with E-state index in [9.17, 15) is 13.2 Å². The van der Waals surface area contributed by atoms with Gasteiger partial charge >= 0.3 is 6.18 Å². The van der Waals surface area contributed by atoms with Crippen LogP contribution in [0.15, 0.2) is 22.7 Å². The topological polar surface area (TPSA) is 9.23 Å². The van der Waals surface area contributed by atoms with Crippen LogP contribution in [0.4, 0.5) is 13.2 Å². The second kappa shape index (κ2) is 4.43. The van der Waals surface area contributed by atoms with Gasteiger partial charge in [-0.2, -0.15) is 13.2 Å². The Bertz CT molecular complexity index is 347. The second-order valence-corrected chi connectivity index (χ2v) is 4.14. The fourth-order valence-corrected chi connectivity index (χ4v) is 1.55. The number of hydrogen-bond acceptors (Lipinski definition) is 1. The first kappa shape index (κ1) is 12.4. The first-order chi connectivity index (χ1) is 6.82. The van der Waals surface area contributed by atoms with Gasteiger partial charge in [0.25, 0.3) is 0 Å². The zero-order valence-corrected chi connectivity index (χ0v) is 9.82. The Morgan fingerprint density at radius 2 is 1.87 bits per heavy atom. The predicted octanol–water partition coefficient (Wildman–Crippen LogP) is 4.26. The van der Waals surface area contributed by atoms with Gasteiger partial charge in [0.2, 0.25) is 0 Å². The molecule has 5 heteroatoms. The van der Waals surface area contributed by atoms with Crippen molar-refractivity contribution in [3.8, 4) is 5.75 Å². The van der Waals surface area contributed by atoms with Crippen LogP contribution in [0.1, 0.15) is 19.4 Å². The standard InChI is InChI=1S/C10H10BrF3O/c1-6(2)15-9-7(10(12,13)14)4-3-5-8(9)11/h3-6H,1-2H3. The third kappa shape index (κ3) is 3.12. The zero-order chi connectivity index (χ0) is 11.6. The van der Waals surface area contributed by atoms with Gasteiger partial charge in [-0.3, -0.25) is 0 Å². The summed E-state index contributed by atoms with van der Waals surface area (Å²) in [6, 6.07) is 3.86.